The quantitative estimate of drug-likeness (QED) is 0.864. The Morgan fingerprint density at radius 3 is 2.54 bits per heavy atom. The standard InChI is InChI=1S/C16H16F3N3O2/c1-4-21(3)15(24)14-13(23)8-10(2)22(20-14)12-7-5-6-11(9-12)16(17,18)19/h5-9H,4H2,1-3H3. The van der Waals surface area contributed by atoms with E-state index in [9.17, 15) is 22.8 Å². The minimum absolute atomic E-state index is 0.121. The summed E-state index contributed by atoms with van der Waals surface area (Å²) in [6, 6.07) is 5.72. The second-order valence-electron chi connectivity index (χ2n) is 5.28. The van der Waals surface area contributed by atoms with Crippen LogP contribution in [0.25, 0.3) is 5.69 Å². The van der Waals surface area contributed by atoms with E-state index in [-0.39, 0.29) is 11.4 Å². The number of alkyl halides is 3. The van der Waals surface area contributed by atoms with Gasteiger partial charge in [0.15, 0.2) is 5.69 Å². The van der Waals surface area contributed by atoms with Crippen molar-refractivity contribution in [2.24, 2.45) is 0 Å². The molecule has 0 radical (unpaired) electrons. The van der Waals surface area contributed by atoms with Gasteiger partial charge < -0.3 is 4.90 Å². The molecular formula is C16H16F3N3O2. The number of rotatable bonds is 3. The third-order valence-corrected chi connectivity index (χ3v) is 3.55. The molecule has 0 aliphatic heterocycles. The first-order valence-corrected chi connectivity index (χ1v) is 7.19. The lowest BCUT2D eigenvalue weighted by molar-refractivity contribution is -0.137. The maximum absolute atomic E-state index is 12.9. The van der Waals surface area contributed by atoms with Crippen molar-refractivity contribution in [3.8, 4) is 5.69 Å². The molecule has 0 saturated carbocycles. The molecule has 0 aliphatic rings. The number of nitrogens with zero attached hydrogens (tertiary/aromatic N) is 3. The van der Waals surface area contributed by atoms with Crippen LogP contribution in [0.5, 0.6) is 0 Å². The summed E-state index contributed by atoms with van der Waals surface area (Å²) in [5.74, 6) is -0.580. The van der Waals surface area contributed by atoms with E-state index in [0.29, 0.717) is 12.2 Å². The monoisotopic (exact) mass is 339 g/mol. The van der Waals surface area contributed by atoms with Crippen LogP contribution in [0, 0.1) is 6.92 Å². The highest BCUT2D eigenvalue weighted by Gasteiger charge is 2.30. The molecule has 0 N–H and O–H groups in total. The Hall–Kier alpha value is -2.64. The van der Waals surface area contributed by atoms with Crippen LogP contribution in [0.15, 0.2) is 35.1 Å². The Balaban J connectivity index is 2.60. The second-order valence-corrected chi connectivity index (χ2v) is 5.28. The fourth-order valence-electron chi connectivity index (χ4n) is 2.10. The molecule has 0 spiro atoms. The van der Waals surface area contributed by atoms with Crippen molar-refractivity contribution in [1.82, 2.24) is 14.7 Å². The van der Waals surface area contributed by atoms with Gasteiger partial charge in [0.1, 0.15) is 0 Å². The molecule has 0 unspecified atom stereocenters. The van der Waals surface area contributed by atoms with Crippen LogP contribution < -0.4 is 5.43 Å². The molecule has 128 valence electrons. The number of hydrogen-bond acceptors (Lipinski definition) is 3. The summed E-state index contributed by atoms with van der Waals surface area (Å²) in [5.41, 5.74) is -1.28. The smallest absolute Gasteiger partial charge is 0.340 e. The number of aromatic nitrogens is 2. The molecule has 2 rings (SSSR count). The van der Waals surface area contributed by atoms with Crippen LogP contribution in [0.2, 0.25) is 0 Å². The normalized spacial score (nSPS) is 11.4. The van der Waals surface area contributed by atoms with Crippen molar-refractivity contribution >= 4 is 5.91 Å². The first-order valence-electron chi connectivity index (χ1n) is 7.19. The summed E-state index contributed by atoms with van der Waals surface area (Å²) < 4.78 is 39.8. The van der Waals surface area contributed by atoms with Crippen LogP contribution in [0.1, 0.15) is 28.7 Å². The van der Waals surface area contributed by atoms with Gasteiger partial charge in [0.05, 0.1) is 11.3 Å². The lowest BCUT2D eigenvalue weighted by Gasteiger charge is -2.16. The molecule has 0 atom stereocenters. The van der Waals surface area contributed by atoms with E-state index in [0.717, 1.165) is 16.8 Å². The van der Waals surface area contributed by atoms with Crippen molar-refractivity contribution in [3.05, 3.63) is 57.5 Å². The molecule has 0 saturated heterocycles. The Labute approximate surface area is 136 Å². The molecule has 1 aromatic carbocycles. The summed E-state index contributed by atoms with van der Waals surface area (Å²) in [7, 11) is 1.51. The van der Waals surface area contributed by atoms with Crippen molar-refractivity contribution < 1.29 is 18.0 Å². The molecule has 0 bridgehead atoms. The number of hydrogen-bond donors (Lipinski definition) is 0. The number of benzene rings is 1. The molecule has 1 amide bonds. The zero-order valence-corrected chi connectivity index (χ0v) is 13.4. The predicted octanol–water partition coefficient (Wildman–Crippen LogP) is 2.65. The van der Waals surface area contributed by atoms with Crippen molar-refractivity contribution in [3.63, 3.8) is 0 Å². The van der Waals surface area contributed by atoms with E-state index >= 15 is 0 Å². The number of halogens is 3. The Bertz CT molecular complexity index is 828. The maximum atomic E-state index is 12.9. The number of carbonyl (C=O) groups is 1. The lowest BCUT2D eigenvalue weighted by atomic mass is 10.2. The van der Waals surface area contributed by atoms with Crippen LogP contribution >= 0.6 is 0 Å². The van der Waals surface area contributed by atoms with Gasteiger partial charge in [0.25, 0.3) is 5.91 Å². The molecule has 5 nitrogen and oxygen atoms in total. The van der Waals surface area contributed by atoms with Crippen LogP contribution in [0.4, 0.5) is 13.2 Å². The van der Waals surface area contributed by atoms with Gasteiger partial charge in [0.2, 0.25) is 5.43 Å². The zero-order valence-electron chi connectivity index (χ0n) is 13.4. The summed E-state index contributed by atoms with van der Waals surface area (Å²) >= 11 is 0. The highest BCUT2D eigenvalue weighted by molar-refractivity contribution is 5.91. The lowest BCUT2D eigenvalue weighted by Crippen LogP contribution is -2.33. The van der Waals surface area contributed by atoms with Crippen LogP contribution in [-0.2, 0) is 6.18 Å². The molecule has 0 aliphatic carbocycles. The zero-order chi connectivity index (χ0) is 18.1. The third kappa shape index (κ3) is 3.47. The van der Waals surface area contributed by atoms with E-state index in [1.807, 2.05) is 0 Å². The minimum Gasteiger partial charge on any atom is -0.340 e. The Kier molecular flexibility index (Phi) is 4.77. The number of amides is 1. The molecule has 1 heterocycles. The average Bonchev–Trinajstić information content (AvgIpc) is 2.53. The van der Waals surface area contributed by atoms with Crippen LogP contribution in [-0.4, -0.2) is 34.2 Å². The second kappa shape index (κ2) is 6.46. The SMILES string of the molecule is CCN(C)C(=O)c1nn(-c2cccc(C(F)(F)F)c2)c(C)cc1=O. The van der Waals surface area contributed by atoms with Crippen molar-refractivity contribution in [1.29, 1.82) is 0 Å². The van der Waals surface area contributed by atoms with Gasteiger partial charge in [-0.3, -0.25) is 9.59 Å². The maximum Gasteiger partial charge on any atom is 0.416 e. The Morgan fingerprint density at radius 1 is 1.29 bits per heavy atom. The summed E-state index contributed by atoms with van der Waals surface area (Å²) in [4.78, 5) is 25.5. The molecule has 8 heteroatoms. The highest BCUT2D eigenvalue weighted by atomic mass is 19.4. The van der Waals surface area contributed by atoms with Crippen LogP contribution in [0.3, 0.4) is 0 Å². The third-order valence-electron chi connectivity index (χ3n) is 3.55. The fourth-order valence-corrected chi connectivity index (χ4v) is 2.10. The molecule has 24 heavy (non-hydrogen) atoms. The van der Waals surface area contributed by atoms with Gasteiger partial charge in [-0.05, 0) is 32.0 Å². The van der Waals surface area contributed by atoms with Gasteiger partial charge in [-0.15, -0.1) is 0 Å². The largest absolute Gasteiger partial charge is 0.416 e. The minimum atomic E-state index is -4.50. The molecule has 0 fully saturated rings. The highest BCUT2D eigenvalue weighted by Crippen LogP contribution is 2.30. The van der Waals surface area contributed by atoms with Crippen molar-refractivity contribution in [2.75, 3.05) is 13.6 Å². The van der Waals surface area contributed by atoms with E-state index in [1.165, 1.54) is 37.1 Å². The Morgan fingerprint density at radius 2 is 1.96 bits per heavy atom. The van der Waals surface area contributed by atoms with Gasteiger partial charge in [0, 0.05) is 25.4 Å². The van der Waals surface area contributed by atoms with E-state index in [4.69, 9.17) is 0 Å². The fraction of sp³-hybridized carbons (Fsp3) is 0.312. The first kappa shape index (κ1) is 17.7. The molecule has 1 aromatic heterocycles. The van der Waals surface area contributed by atoms with E-state index < -0.39 is 23.1 Å². The average molecular weight is 339 g/mol. The van der Waals surface area contributed by atoms with Gasteiger partial charge >= 0.3 is 6.18 Å². The van der Waals surface area contributed by atoms with E-state index in [2.05, 4.69) is 5.10 Å². The first-order chi connectivity index (χ1) is 11.1. The topological polar surface area (TPSA) is 55.2 Å². The summed E-state index contributed by atoms with van der Waals surface area (Å²) in [6.07, 6.45) is -4.50. The summed E-state index contributed by atoms with van der Waals surface area (Å²) in [5, 5.41) is 3.98. The van der Waals surface area contributed by atoms with E-state index in [1.54, 1.807) is 6.92 Å². The van der Waals surface area contributed by atoms with Crippen molar-refractivity contribution in [2.45, 2.75) is 20.0 Å². The number of aryl methyl sites for hydroxylation is 1. The summed E-state index contributed by atoms with van der Waals surface area (Å²) in [6.45, 7) is 3.64. The van der Waals surface area contributed by atoms with Gasteiger partial charge in [-0.25, -0.2) is 4.68 Å². The molecular weight excluding hydrogens is 323 g/mol. The van der Waals surface area contributed by atoms with Gasteiger partial charge in [-0.2, -0.15) is 18.3 Å². The predicted molar refractivity (Wildman–Crippen MR) is 82.2 cm³/mol. The number of carbonyl (C=O) groups excluding carboxylic acids is 1. The van der Waals surface area contributed by atoms with Gasteiger partial charge in [-0.1, -0.05) is 6.07 Å². The molecule has 2 aromatic rings.